The van der Waals surface area contributed by atoms with Gasteiger partial charge in [-0.05, 0) is 0 Å². The molecule has 9 heteroatoms. The van der Waals surface area contributed by atoms with E-state index in [1.165, 1.54) is 5.56 Å². The van der Waals surface area contributed by atoms with Crippen molar-refractivity contribution >= 4 is 10.7 Å². The van der Waals surface area contributed by atoms with Crippen LogP contribution in [-0.4, -0.2) is 30.9 Å². The van der Waals surface area contributed by atoms with E-state index >= 15 is 0 Å². The predicted molar refractivity (Wildman–Crippen MR) is 108 cm³/mol. The van der Waals surface area contributed by atoms with Crippen molar-refractivity contribution in [2.45, 2.75) is 6.42 Å². The van der Waals surface area contributed by atoms with E-state index in [1.54, 1.807) is 7.11 Å². The Morgan fingerprint density at radius 1 is 0.875 bits per heavy atom. The molecule has 0 radical (unpaired) electrons. The van der Waals surface area contributed by atoms with Crippen LogP contribution < -0.4 is 10.1 Å². The first-order chi connectivity index (χ1) is 15.8. The van der Waals surface area contributed by atoms with Crippen LogP contribution in [0.2, 0.25) is 0 Å². The van der Waals surface area contributed by atoms with Crippen molar-refractivity contribution in [2.75, 3.05) is 20.2 Å². The van der Waals surface area contributed by atoms with Crippen LogP contribution in [0, 0.1) is 33.3 Å². The fourth-order valence-corrected chi connectivity index (χ4v) is 2.30. The van der Waals surface area contributed by atoms with E-state index < -0.39 is 0 Å². The summed E-state index contributed by atoms with van der Waals surface area (Å²) in [7, 11) is 1.67. The molecule has 0 aliphatic carbocycles. The van der Waals surface area contributed by atoms with E-state index in [1.807, 2.05) is 48.7 Å². The van der Waals surface area contributed by atoms with Crippen molar-refractivity contribution < 1.29 is 43.8 Å². The van der Waals surface area contributed by atoms with Crippen LogP contribution >= 0.6 is 0 Å². The number of ether oxygens (including phenoxy) is 1. The fourth-order valence-electron chi connectivity index (χ4n) is 1.92. The molecule has 0 spiro atoms. The summed E-state index contributed by atoms with van der Waals surface area (Å²) in [5.74, 6) is 0.865. The van der Waals surface area contributed by atoms with Crippen molar-refractivity contribution in [2.24, 2.45) is 4.99 Å². The minimum absolute atomic E-state index is 0.807. The number of nitrogens with zero attached hydrogens (tertiary/aromatic N) is 1. The third kappa shape index (κ3) is 20.3. The van der Waals surface area contributed by atoms with Crippen molar-refractivity contribution in [3.05, 3.63) is 99.0 Å². The summed E-state index contributed by atoms with van der Waals surface area (Å²) in [6, 6.07) is 18.1. The second-order valence-corrected chi connectivity index (χ2v) is 5.42. The Balaban J connectivity index is -0.000000345. The predicted octanol–water partition coefficient (Wildman–Crippen LogP) is 2.63. The van der Waals surface area contributed by atoms with Gasteiger partial charge in [0.25, 0.3) is 0 Å². The molecule has 0 fully saturated rings. The molecule has 164 valence electrons. The molecule has 0 bridgehead atoms. The van der Waals surface area contributed by atoms with Crippen molar-refractivity contribution in [3.63, 3.8) is 0 Å². The van der Waals surface area contributed by atoms with Crippen LogP contribution in [0.25, 0.3) is 0 Å². The monoisotopic (exact) mass is 472 g/mol. The summed E-state index contributed by atoms with van der Waals surface area (Å²) < 4.78 is 43.7. The molecule has 0 amide bonds. The topological polar surface area (TPSA) is 133 Å². The first-order valence-electron chi connectivity index (χ1n) is 8.29. The zero-order chi connectivity index (χ0) is 25.6. The van der Waals surface area contributed by atoms with Crippen LogP contribution in [-0.2, 0) is 39.1 Å². The van der Waals surface area contributed by atoms with Crippen LogP contribution in [0.1, 0.15) is 17.5 Å². The van der Waals surface area contributed by atoms with Crippen LogP contribution in [0.4, 0.5) is 0 Å². The third-order valence-corrected chi connectivity index (χ3v) is 3.74. The molecule has 0 saturated carbocycles. The molecule has 0 unspecified atom stereocenters. The average Bonchev–Trinajstić information content (AvgIpc) is 2.92. The molecule has 0 aliphatic heterocycles. The van der Waals surface area contributed by atoms with E-state index in [2.05, 4.69) is 71.5 Å². The SMILES string of the molecule is COc1ccc(C=NCCCN[C](=[Cr])c2ccccc2)cc1.[C-]#[O+].[C-]#[O+].[C-]#[O+].[C-]#[O+].[C-]#[O+]. The number of hydrogen-bond donors (Lipinski definition) is 1. The molecule has 2 rings (SSSR count). The van der Waals surface area contributed by atoms with Gasteiger partial charge in [-0.25, -0.2) is 0 Å². The van der Waals surface area contributed by atoms with E-state index in [-0.39, 0.29) is 0 Å². The average molecular weight is 472 g/mol. The van der Waals surface area contributed by atoms with Crippen LogP contribution in [0.15, 0.2) is 59.6 Å². The van der Waals surface area contributed by atoms with Gasteiger partial charge in [-0.1, -0.05) is 0 Å². The second kappa shape index (κ2) is 32.6. The van der Waals surface area contributed by atoms with Gasteiger partial charge in [-0.15, -0.1) is 0 Å². The van der Waals surface area contributed by atoms with E-state index in [4.69, 9.17) is 28.0 Å². The Morgan fingerprint density at radius 3 is 1.84 bits per heavy atom. The van der Waals surface area contributed by atoms with Gasteiger partial charge >= 0.3 is 189 Å². The van der Waals surface area contributed by atoms with Gasteiger partial charge in [0, 0.05) is 0 Å². The fraction of sp³-hybridized carbons (Fsp3) is 0.174. The summed E-state index contributed by atoms with van der Waals surface area (Å²) in [6.07, 6.45) is 2.89. The van der Waals surface area contributed by atoms with Gasteiger partial charge in [0.2, 0.25) is 0 Å². The summed E-state index contributed by atoms with van der Waals surface area (Å²) in [4.78, 5) is 4.44. The second-order valence-electron chi connectivity index (χ2n) is 4.78. The molecular weight excluding hydrogens is 452 g/mol. The zero-order valence-electron chi connectivity index (χ0n) is 17.2. The molecule has 2 aromatic rings. The van der Waals surface area contributed by atoms with Gasteiger partial charge in [-0.3, -0.25) is 0 Å². The van der Waals surface area contributed by atoms with E-state index in [0.717, 1.165) is 35.3 Å². The first kappa shape index (κ1) is 36.4. The molecule has 0 saturated heterocycles. The van der Waals surface area contributed by atoms with Crippen LogP contribution in [0.5, 0.6) is 5.75 Å². The number of benzene rings is 2. The Labute approximate surface area is 196 Å². The van der Waals surface area contributed by atoms with Gasteiger partial charge in [0.05, 0.1) is 7.11 Å². The minimum atomic E-state index is 0.807. The summed E-state index contributed by atoms with van der Waals surface area (Å²) in [6.45, 7) is 24.2. The molecular formula is C23H20CrN2O6. The third-order valence-electron chi connectivity index (χ3n) is 3.14. The first-order valence-corrected chi connectivity index (χ1v) is 8.92. The number of methoxy groups -OCH3 is 1. The molecule has 1 N–H and O–H groups in total. The summed E-state index contributed by atoms with van der Waals surface area (Å²) >= 11 is 3.08. The van der Waals surface area contributed by atoms with Gasteiger partial charge in [0.15, 0.2) is 0 Å². The maximum absolute atomic E-state index is 7.50. The Hall–Kier alpha value is -3.03. The molecule has 0 heterocycles. The van der Waals surface area contributed by atoms with Gasteiger partial charge in [0.1, 0.15) is 0 Å². The number of hydrogen-bond acceptors (Lipinski definition) is 3. The molecule has 32 heavy (non-hydrogen) atoms. The standard InChI is InChI=1S/C18H20N2O.5CO.Cr/c1-21-18-10-8-17(9-11-18)15-20-13-5-12-19-14-16-6-3-2-4-7-16;5*1-2;/h2-4,6-11,15,19H,5,12-13H2,1H3;;;;;;. The summed E-state index contributed by atoms with van der Waals surface area (Å²) in [5, 5.41) is 3.38. The van der Waals surface area contributed by atoms with Crippen molar-refractivity contribution in [1.29, 1.82) is 0 Å². The molecule has 0 aromatic heterocycles. The van der Waals surface area contributed by atoms with E-state index in [9.17, 15) is 0 Å². The van der Waals surface area contributed by atoms with Crippen molar-refractivity contribution in [3.8, 4) is 5.75 Å². The Bertz CT molecular complexity index is 791. The maximum atomic E-state index is 7.50. The number of aliphatic imine (C=N–C) groups is 1. The molecule has 8 nitrogen and oxygen atoms in total. The normalized spacial score (nSPS) is 7.72. The Morgan fingerprint density at radius 2 is 1.38 bits per heavy atom. The molecule has 2 aromatic carbocycles. The number of nitrogens with one attached hydrogen (secondary N) is 1. The molecule has 0 aliphatic rings. The van der Waals surface area contributed by atoms with Gasteiger partial charge < -0.3 is 0 Å². The quantitative estimate of drug-likeness (QED) is 0.274. The zero-order valence-corrected chi connectivity index (χ0v) is 18.5. The van der Waals surface area contributed by atoms with E-state index in [0.29, 0.717) is 0 Å². The van der Waals surface area contributed by atoms with Gasteiger partial charge in [-0.2, -0.15) is 0 Å². The number of rotatable bonds is 8. The summed E-state index contributed by atoms with van der Waals surface area (Å²) in [5.41, 5.74) is 2.28. The Kier molecular flexibility index (Phi) is 37.1. The molecule has 0 atom stereocenters. The van der Waals surface area contributed by atoms with Crippen molar-refractivity contribution in [1.82, 2.24) is 5.32 Å². The van der Waals surface area contributed by atoms with Crippen LogP contribution in [0.3, 0.4) is 0 Å².